The number of aliphatic hydroxyl groups excluding tert-OH is 1. The van der Waals surface area contributed by atoms with Crippen molar-refractivity contribution in [1.82, 2.24) is 0 Å². The highest BCUT2D eigenvalue weighted by Crippen LogP contribution is 2.48. The number of benzene rings is 3. The first-order valence-corrected chi connectivity index (χ1v) is 10.7. The number of carboxylic acid groups (broad SMARTS) is 1. The number of nitrogens with zero attached hydrogens (tertiary/aromatic N) is 1. The van der Waals surface area contributed by atoms with Gasteiger partial charge >= 0.3 is 5.97 Å². The zero-order valence-electron chi connectivity index (χ0n) is 15.8. The summed E-state index contributed by atoms with van der Waals surface area (Å²) in [5.41, 5.74) is 1.29. The number of carbonyl (C=O) groups is 2. The van der Waals surface area contributed by atoms with Crippen molar-refractivity contribution in [3.05, 3.63) is 105 Å². The van der Waals surface area contributed by atoms with Gasteiger partial charge in [0.2, 0.25) is 0 Å². The first-order valence-electron chi connectivity index (χ1n) is 9.14. The van der Waals surface area contributed by atoms with Crippen molar-refractivity contribution >= 4 is 52.5 Å². The Morgan fingerprint density at radius 2 is 1.65 bits per heavy atom. The maximum atomic E-state index is 13.1. The van der Waals surface area contributed by atoms with Crippen LogP contribution in [0.15, 0.2) is 88.4 Å². The average Bonchev–Trinajstić information content (AvgIpc) is 2.99. The molecule has 1 aliphatic rings. The molecule has 2 N–H and O–H groups in total. The molecule has 3 aromatic rings. The fraction of sp³-hybridized carbons (Fsp3) is 0.0435. The van der Waals surface area contributed by atoms with E-state index in [-0.39, 0.29) is 5.56 Å². The lowest BCUT2D eigenvalue weighted by atomic mass is 10.1. The highest BCUT2D eigenvalue weighted by Gasteiger charge is 2.42. The van der Waals surface area contributed by atoms with Gasteiger partial charge in [0.05, 0.1) is 16.5 Å². The van der Waals surface area contributed by atoms with E-state index < -0.39 is 23.7 Å². The van der Waals surface area contributed by atoms with Gasteiger partial charge in [0.15, 0.2) is 5.76 Å². The zero-order chi connectivity index (χ0) is 22.1. The number of anilines is 1. The molecule has 1 atom stereocenters. The number of aromatic carboxylic acids is 1. The maximum Gasteiger partial charge on any atom is 0.336 e. The van der Waals surface area contributed by atoms with E-state index in [9.17, 15) is 19.8 Å². The number of carbonyl (C=O) groups excluding carboxylic acids is 1. The molecule has 0 aromatic heterocycles. The van der Waals surface area contributed by atoms with Crippen molar-refractivity contribution in [1.29, 1.82) is 0 Å². The van der Waals surface area contributed by atoms with E-state index in [0.717, 1.165) is 11.8 Å². The molecule has 1 heterocycles. The summed E-state index contributed by atoms with van der Waals surface area (Å²) in [6.07, 6.45) is 0. The number of amides is 1. The summed E-state index contributed by atoms with van der Waals surface area (Å²) < 4.78 is 0. The lowest BCUT2D eigenvalue weighted by molar-refractivity contribution is -0.117. The lowest BCUT2D eigenvalue weighted by Crippen LogP contribution is -2.30. The van der Waals surface area contributed by atoms with Gasteiger partial charge in [0, 0.05) is 20.6 Å². The standard InChI is InChI=1S/C23H15Cl2NO4S/c24-14-10-8-13(9-11-14)19-21(31-18-7-2-1-6-17(18)23(29)30)20(27)22(28)26(19)16-5-3-4-15(25)12-16/h1-12,19,27H,(H,29,30). The Labute approximate surface area is 192 Å². The molecule has 0 spiro atoms. The second-order valence-electron chi connectivity index (χ2n) is 6.73. The number of hydrogen-bond donors (Lipinski definition) is 2. The van der Waals surface area contributed by atoms with Gasteiger partial charge < -0.3 is 10.2 Å². The van der Waals surface area contributed by atoms with E-state index >= 15 is 0 Å². The van der Waals surface area contributed by atoms with Crippen molar-refractivity contribution in [3.63, 3.8) is 0 Å². The van der Waals surface area contributed by atoms with Crippen molar-refractivity contribution in [2.45, 2.75) is 10.9 Å². The molecule has 3 aromatic carbocycles. The Morgan fingerprint density at radius 3 is 2.32 bits per heavy atom. The highest BCUT2D eigenvalue weighted by atomic mass is 35.5. The van der Waals surface area contributed by atoms with Crippen LogP contribution in [0.3, 0.4) is 0 Å². The predicted molar refractivity (Wildman–Crippen MR) is 122 cm³/mol. The molecule has 0 radical (unpaired) electrons. The Balaban J connectivity index is 1.85. The smallest absolute Gasteiger partial charge is 0.336 e. The van der Waals surface area contributed by atoms with Crippen molar-refractivity contribution in [2.75, 3.05) is 4.90 Å². The van der Waals surface area contributed by atoms with Gasteiger partial charge in [-0.15, -0.1) is 0 Å². The van der Waals surface area contributed by atoms with Crippen LogP contribution < -0.4 is 4.90 Å². The SMILES string of the molecule is O=C(O)c1ccccc1SC1=C(O)C(=O)N(c2cccc(Cl)c2)C1c1ccc(Cl)cc1. The summed E-state index contributed by atoms with van der Waals surface area (Å²) in [4.78, 5) is 26.9. The van der Waals surface area contributed by atoms with E-state index in [1.807, 2.05) is 0 Å². The first-order chi connectivity index (χ1) is 14.9. The second-order valence-corrected chi connectivity index (χ2v) is 8.68. The van der Waals surface area contributed by atoms with Crippen LogP contribution in [0, 0.1) is 0 Å². The average molecular weight is 472 g/mol. The molecule has 1 amide bonds. The van der Waals surface area contributed by atoms with Crippen LogP contribution in [0.5, 0.6) is 0 Å². The van der Waals surface area contributed by atoms with Gasteiger partial charge in [0.1, 0.15) is 0 Å². The normalized spacial score (nSPS) is 16.1. The number of hydrogen-bond acceptors (Lipinski definition) is 4. The molecular formula is C23H15Cl2NO4S. The fourth-order valence-corrected chi connectivity index (χ4v) is 4.87. The van der Waals surface area contributed by atoms with Gasteiger partial charge in [-0.3, -0.25) is 9.69 Å². The van der Waals surface area contributed by atoms with E-state index in [2.05, 4.69) is 0 Å². The topological polar surface area (TPSA) is 77.8 Å². The molecule has 0 aliphatic carbocycles. The summed E-state index contributed by atoms with van der Waals surface area (Å²) >= 11 is 13.2. The van der Waals surface area contributed by atoms with Crippen LogP contribution in [0.25, 0.3) is 0 Å². The molecule has 0 bridgehead atoms. The molecule has 8 heteroatoms. The van der Waals surface area contributed by atoms with Gasteiger partial charge in [-0.2, -0.15) is 0 Å². The molecule has 1 aliphatic heterocycles. The minimum Gasteiger partial charge on any atom is -0.502 e. The van der Waals surface area contributed by atoms with Crippen molar-refractivity contribution in [2.24, 2.45) is 0 Å². The quantitative estimate of drug-likeness (QED) is 0.453. The first kappa shape index (κ1) is 21.3. The molecule has 1 unspecified atom stereocenters. The van der Waals surface area contributed by atoms with Crippen LogP contribution in [0.2, 0.25) is 10.0 Å². The van der Waals surface area contributed by atoms with E-state index in [0.29, 0.717) is 31.1 Å². The number of aliphatic hydroxyl groups is 1. The summed E-state index contributed by atoms with van der Waals surface area (Å²) in [6.45, 7) is 0. The Bertz CT molecular complexity index is 1210. The van der Waals surface area contributed by atoms with Crippen LogP contribution in [-0.4, -0.2) is 22.1 Å². The second kappa shape index (κ2) is 8.67. The minimum absolute atomic E-state index is 0.0799. The van der Waals surface area contributed by atoms with Crippen LogP contribution >= 0.6 is 35.0 Å². The summed E-state index contributed by atoms with van der Waals surface area (Å²) in [6, 6.07) is 19.4. The molecule has 0 saturated carbocycles. The summed E-state index contributed by atoms with van der Waals surface area (Å²) in [5.74, 6) is -2.13. The van der Waals surface area contributed by atoms with E-state index in [4.69, 9.17) is 23.2 Å². The highest BCUT2D eigenvalue weighted by molar-refractivity contribution is 8.03. The van der Waals surface area contributed by atoms with Crippen molar-refractivity contribution < 1.29 is 19.8 Å². The van der Waals surface area contributed by atoms with Gasteiger partial charge in [0.25, 0.3) is 5.91 Å². The Hall–Kier alpha value is -2.93. The molecule has 0 saturated heterocycles. The summed E-state index contributed by atoms with van der Waals surface area (Å²) in [5, 5.41) is 21.3. The van der Waals surface area contributed by atoms with E-state index in [1.165, 1.54) is 11.0 Å². The number of thioether (sulfide) groups is 1. The van der Waals surface area contributed by atoms with Crippen LogP contribution in [-0.2, 0) is 4.79 Å². The molecule has 5 nitrogen and oxygen atoms in total. The predicted octanol–water partition coefficient (Wildman–Crippen LogP) is 6.34. The maximum absolute atomic E-state index is 13.1. The van der Waals surface area contributed by atoms with Gasteiger partial charge in [-0.1, -0.05) is 65.3 Å². The van der Waals surface area contributed by atoms with Crippen molar-refractivity contribution in [3.8, 4) is 0 Å². The molecule has 4 rings (SSSR count). The molecule has 31 heavy (non-hydrogen) atoms. The largest absolute Gasteiger partial charge is 0.502 e. The molecule has 156 valence electrons. The zero-order valence-corrected chi connectivity index (χ0v) is 18.2. The Morgan fingerprint density at radius 1 is 0.935 bits per heavy atom. The fourth-order valence-electron chi connectivity index (χ4n) is 3.38. The van der Waals surface area contributed by atoms with Gasteiger partial charge in [-0.05, 0) is 48.0 Å². The molecule has 0 fully saturated rings. The number of carboxylic acids is 1. The number of rotatable bonds is 5. The Kier molecular flexibility index (Phi) is 5.96. The third kappa shape index (κ3) is 4.14. The van der Waals surface area contributed by atoms with Gasteiger partial charge in [-0.25, -0.2) is 4.79 Å². The third-order valence-electron chi connectivity index (χ3n) is 4.77. The van der Waals surface area contributed by atoms with Crippen LogP contribution in [0.4, 0.5) is 5.69 Å². The van der Waals surface area contributed by atoms with Crippen LogP contribution in [0.1, 0.15) is 22.0 Å². The third-order valence-corrected chi connectivity index (χ3v) is 6.47. The number of halogens is 2. The minimum atomic E-state index is -1.10. The summed E-state index contributed by atoms with van der Waals surface area (Å²) in [7, 11) is 0. The lowest BCUT2D eigenvalue weighted by Gasteiger charge is -2.27. The molecular weight excluding hydrogens is 457 g/mol. The monoisotopic (exact) mass is 471 g/mol. The van der Waals surface area contributed by atoms with E-state index in [1.54, 1.807) is 66.7 Å².